The molecule has 2 amide bonds. The summed E-state index contributed by atoms with van der Waals surface area (Å²) in [5.74, 6) is -0.717. The third-order valence-corrected chi connectivity index (χ3v) is 5.40. The predicted octanol–water partition coefficient (Wildman–Crippen LogP) is 4.78. The number of nitrogens with zero attached hydrogens (tertiary/aromatic N) is 3. The summed E-state index contributed by atoms with van der Waals surface area (Å²) in [5.41, 5.74) is -0.516. The van der Waals surface area contributed by atoms with E-state index in [0.29, 0.717) is 5.89 Å². The lowest BCUT2D eigenvalue weighted by Gasteiger charge is -2.11. The first kappa shape index (κ1) is 18.5. The lowest BCUT2D eigenvalue weighted by atomic mass is 9.97. The average molecular weight is 423 g/mol. The number of rotatable bonds is 2. The average Bonchev–Trinajstić information content (AvgIpc) is 3.09. The molecule has 0 spiro atoms. The third kappa shape index (κ3) is 2.91. The molecule has 0 bridgehead atoms. The summed E-state index contributed by atoms with van der Waals surface area (Å²) >= 11 is 24.1. The zero-order valence-corrected chi connectivity index (χ0v) is 16.3. The van der Waals surface area contributed by atoms with Crippen molar-refractivity contribution in [2.75, 3.05) is 0 Å². The number of imide groups is 1. The Balaban J connectivity index is 2.00. The molecule has 0 aliphatic carbocycles. The fourth-order valence-corrected chi connectivity index (χ4v) is 3.32. The summed E-state index contributed by atoms with van der Waals surface area (Å²) in [6.45, 7) is 5.51. The van der Waals surface area contributed by atoms with Gasteiger partial charge in [0.2, 0.25) is 5.89 Å². The van der Waals surface area contributed by atoms with E-state index >= 15 is 0 Å². The summed E-state index contributed by atoms with van der Waals surface area (Å²) in [4.78, 5) is 30.4. The monoisotopic (exact) mass is 421 g/mol. The van der Waals surface area contributed by atoms with Crippen LogP contribution in [0.5, 0.6) is 0 Å². The van der Waals surface area contributed by atoms with Crippen LogP contribution >= 0.6 is 46.4 Å². The SMILES string of the molecule is CC(C)(C)c1nc(CN2C(=O)c3c(Cl)c(Cl)c(Cl)c(Cl)c3C2=O)no1. The van der Waals surface area contributed by atoms with Crippen molar-refractivity contribution in [3.05, 3.63) is 42.9 Å². The van der Waals surface area contributed by atoms with E-state index in [1.807, 2.05) is 20.8 Å². The van der Waals surface area contributed by atoms with E-state index in [2.05, 4.69) is 10.1 Å². The smallest absolute Gasteiger partial charge is 0.263 e. The second kappa shape index (κ2) is 6.13. The van der Waals surface area contributed by atoms with Gasteiger partial charge in [0.05, 0.1) is 37.8 Å². The Labute approximate surface area is 163 Å². The van der Waals surface area contributed by atoms with Gasteiger partial charge in [-0.2, -0.15) is 4.98 Å². The normalized spacial score (nSPS) is 14.4. The fourth-order valence-electron chi connectivity index (χ4n) is 2.30. The number of hydrogen-bond acceptors (Lipinski definition) is 5. The van der Waals surface area contributed by atoms with Crippen LogP contribution in [0.25, 0.3) is 0 Å². The van der Waals surface area contributed by atoms with Gasteiger partial charge >= 0.3 is 0 Å². The van der Waals surface area contributed by atoms with E-state index in [0.717, 1.165) is 4.90 Å². The molecule has 0 N–H and O–H groups in total. The number of carbonyl (C=O) groups is 2. The Bertz CT molecular complexity index is 871. The topological polar surface area (TPSA) is 76.3 Å². The zero-order chi connectivity index (χ0) is 18.7. The highest BCUT2D eigenvalue weighted by Gasteiger charge is 2.42. The number of benzene rings is 1. The maximum atomic E-state index is 12.6. The van der Waals surface area contributed by atoms with Crippen molar-refractivity contribution < 1.29 is 14.1 Å². The van der Waals surface area contributed by atoms with Crippen LogP contribution in [0, 0.1) is 0 Å². The summed E-state index contributed by atoms with van der Waals surface area (Å²) < 4.78 is 5.17. The summed E-state index contributed by atoms with van der Waals surface area (Å²) in [7, 11) is 0. The van der Waals surface area contributed by atoms with Crippen LogP contribution in [0.3, 0.4) is 0 Å². The van der Waals surface area contributed by atoms with Crippen LogP contribution in [0.2, 0.25) is 20.1 Å². The molecular weight excluding hydrogens is 412 g/mol. The second-order valence-corrected chi connectivity index (χ2v) is 7.98. The van der Waals surface area contributed by atoms with Crippen molar-refractivity contribution in [1.82, 2.24) is 15.0 Å². The number of aromatic nitrogens is 2. The minimum absolute atomic E-state index is 0.0781. The Kier molecular flexibility index (Phi) is 4.52. The van der Waals surface area contributed by atoms with E-state index < -0.39 is 11.8 Å². The number of carbonyl (C=O) groups excluding carboxylic acids is 2. The molecule has 1 aliphatic rings. The van der Waals surface area contributed by atoms with Gasteiger partial charge in [0, 0.05) is 5.41 Å². The predicted molar refractivity (Wildman–Crippen MR) is 93.7 cm³/mol. The van der Waals surface area contributed by atoms with Crippen molar-refractivity contribution in [3.63, 3.8) is 0 Å². The number of hydrogen-bond donors (Lipinski definition) is 0. The van der Waals surface area contributed by atoms with Crippen LogP contribution in [0.4, 0.5) is 0 Å². The Morgan fingerprint density at radius 1 is 0.920 bits per heavy atom. The number of halogens is 4. The number of fused-ring (bicyclic) bond motifs is 1. The molecule has 1 aromatic carbocycles. The molecule has 1 aromatic heterocycles. The van der Waals surface area contributed by atoms with E-state index in [1.165, 1.54) is 0 Å². The molecule has 1 aliphatic heterocycles. The van der Waals surface area contributed by atoms with Gasteiger partial charge in [-0.3, -0.25) is 14.5 Å². The Hall–Kier alpha value is -1.34. The fraction of sp³-hybridized carbons (Fsp3) is 0.333. The molecule has 10 heteroatoms. The van der Waals surface area contributed by atoms with Gasteiger partial charge in [0.25, 0.3) is 11.8 Å². The van der Waals surface area contributed by atoms with Gasteiger partial charge in [0.15, 0.2) is 5.82 Å². The highest BCUT2D eigenvalue weighted by atomic mass is 35.5. The Morgan fingerprint density at radius 2 is 1.40 bits per heavy atom. The van der Waals surface area contributed by atoms with E-state index in [4.69, 9.17) is 50.9 Å². The van der Waals surface area contributed by atoms with Crippen molar-refractivity contribution in [3.8, 4) is 0 Å². The highest BCUT2D eigenvalue weighted by Crippen LogP contribution is 2.45. The van der Waals surface area contributed by atoms with Gasteiger partial charge < -0.3 is 4.52 Å². The maximum Gasteiger partial charge on any atom is 0.263 e. The molecule has 2 heterocycles. The molecule has 2 aromatic rings. The Morgan fingerprint density at radius 3 is 1.80 bits per heavy atom. The van der Waals surface area contributed by atoms with Gasteiger partial charge in [-0.15, -0.1) is 0 Å². The standard InChI is InChI=1S/C15H11Cl4N3O3/c1-15(2,3)14-20-5(21-25-14)4-22-12(23)6-7(13(22)24)9(17)11(19)10(18)8(6)16/h4H2,1-3H3. The first-order valence-electron chi connectivity index (χ1n) is 7.09. The van der Waals surface area contributed by atoms with E-state index in [-0.39, 0.29) is 49.0 Å². The third-order valence-electron chi connectivity index (χ3n) is 3.59. The molecule has 0 saturated heterocycles. The van der Waals surface area contributed by atoms with Gasteiger partial charge in [-0.05, 0) is 0 Å². The minimum atomic E-state index is -0.646. The highest BCUT2D eigenvalue weighted by molar-refractivity contribution is 6.55. The van der Waals surface area contributed by atoms with E-state index in [9.17, 15) is 9.59 Å². The van der Waals surface area contributed by atoms with Crippen LogP contribution in [0.15, 0.2) is 4.52 Å². The van der Waals surface area contributed by atoms with Crippen LogP contribution in [0.1, 0.15) is 53.2 Å². The van der Waals surface area contributed by atoms with Gasteiger partial charge in [-0.25, -0.2) is 0 Å². The molecule has 132 valence electrons. The van der Waals surface area contributed by atoms with Gasteiger partial charge in [-0.1, -0.05) is 72.3 Å². The van der Waals surface area contributed by atoms with Crippen molar-refractivity contribution in [2.24, 2.45) is 0 Å². The number of amides is 2. The van der Waals surface area contributed by atoms with E-state index in [1.54, 1.807) is 0 Å². The molecule has 0 atom stereocenters. The summed E-state index contributed by atoms with van der Waals surface area (Å²) in [6.07, 6.45) is 0. The molecule has 3 rings (SSSR count). The molecule has 0 unspecified atom stereocenters. The van der Waals surface area contributed by atoms with Crippen molar-refractivity contribution >= 4 is 58.2 Å². The maximum absolute atomic E-state index is 12.6. The summed E-state index contributed by atoms with van der Waals surface area (Å²) in [5, 5.41) is 3.42. The molecule has 25 heavy (non-hydrogen) atoms. The molecule has 0 saturated carbocycles. The largest absolute Gasteiger partial charge is 0.339 e. The van der Waals surface area contributed by atoms with Crippen molar-refractivity contribution in [2.45, 2.75) is 32.7 Å². The lowest BCUT2D eigenvalue weighted by molar-refractivity contribution is 0.0637. The first-order chi connectivity index (χ1) is 11.5. The van der Waals surface area contributed by atoms with Crippen LogP contribution in [-0.4, -0.2) is 26.9 Å². The molecule has 0 radical (unpaired) electrons. The molecular formula is C15H11Cl4N3O3. The minimum Gasteiger partial charge on any atom is -0.339 e. The van der Waals surface area contributed by atoms with Gasteiger partial charge in [0.1, 0.15) is 0 Å². The zero-order valence-electron chi connectivity index (χ0n) is 13.3. The van der Waals surface area contributed by atoms with Crippen LogP contribution in [-0.2, 0) is 12.0 Å². The lowest BCUT2D eigenvalue weighted by Crippen LogP contribution is -2.29. The quantitative estimate of drug-likeness (QED) is 0.395. The summed E-state index contributed by atoms with van der Waals surface area (Å²) in [6, 6.07) is 0. The molecule has 6 nitrogen and oxygen atoms in total. The van der Waals surface area contributed by atoms with Crippen LogP contribution < -0.4 is 0 Å². The first-order valence-corrected chi connectivity index (χ1v) is 8.60. The second-order valence-electron chi connectivity index (χ2n) is 6.47. The van der Waals surface area contributed by atoms with Crippen molar-refractivity contribution in [1.29, 1.82) is 0 Å². The molecule has 0 fully saturated rings.